The second kappa shape index (κ2) is 5.30. The van der Waals surface area contributed by atoms with Crippen LogP contribution in [-0.4, -0.2) is 11.2 Å². The summed E-state index contributed by atoms with van der Waals surface area (Å²) in [6.07, 6.45) is 10.5. The molecule has 0 saturated heterocycles. The highest BCUT2D eigenvalue weighted by atomic mass is 16.3. The smallest absolute Gasteiger partial charge is 0.0596 e. The Labute approximate surface area is 107 Å². The van der Waals surface area contributed by atoms with Crippen molar-refractivity contribution in [2.24, 2.45) is 23.2 Å². The molecule has 0 aliphatic heterocycles. The van der Waals surface area contributed by atoms with E-state index in [0.717, 1.165) is 5.92 Å². The summed E-state index contributed by atoms with van der Waals surface area (Å²) in [4.78, 5) is 0. The normalized spacial score (nSPS) is 33.9. The maximum Gasteiger partial charge on any atom is 0.0596 e. The van der Waals surface area contributed by atoms with Crippen LogP contribution in [-0.2, 0) is 0 Å². The topological polar surface area (TPSA) is 20.2 Å². The van der Waals surface area contributed by atoms with Crippen molar-refractivity contribution in [3.8, 4) is 0 Å². The molecule has 2 aliphatic carbocycles. The van der Waals surface area contributed by atoms with Gasteiger partial charge in [0.2, 0.25) is 0 Å². The molecule has 1 N–H and O–H groups in total. The van der Waals surface area contributed by atoms with E-state index in [2.05, 4.69) is 20.8 Å². The van der Waals surface area contributed by atoms with Crippen molar-refractivity contribution in [3.05, 3.63) is 0 Å². The lowest BCUT2D eigenvalue weighted by molar-refractivity contribution is 0.0162. The van der Waals surface area contributed by atoms with Crippen molar-refractivity contribution in [1.29, 1.82) is 0 Å². The van der Waals surface area contributed by atoms with Crippen LogP contribution in [0.4, 0.5) is 0 Å². The predicted molar refractivity (Wildman–Crippen MR) is 72.9 cm³/mol. The van der Waals surface area contributed by atoms with Crippen LogP contribution in [0, 0.1) is 23.2 Å². The van der Waals surface area contributed by atoms with E-state index in [4.69, 9.17) is 0 Å². The van der Waals surface area contributed by atoms with Gasteiger partial charge in [-0.15, -0.1) is 0 Å². The van der Waals surface area contributed by atoms with Crippen LogP contribution >= 0.6 is 0 Å². The van der Waals surface area contributed by atoms with E-state index in [1.54, 1.807) is 0 Å². The van der Waals surface area contributed by atoms with Crippen LogP contribution < -0.4 is 0 Å². The quantitative estimate of drug-likeness (QED) is 0.756. The predicted octanol–water partition coefficient (Wildman–Crippen LogP) is 4.39. The molecule has 2 rings (SSSR count). The summed E-state index contributed by atoms with van der Waals surface area (Å²) in [5.74, 6) is 2.11. The van der Waals surface area contributed by atoms with Gasteiger partial charge < -0.3 is 5.11 Å². The maximum atomic E-state index is 10.5. The standard InChI is InChI=1S/C16H30O/c1-16(2,3)14-10-8-13(9-11-14)15(17)12-6-4-5-7-12/h12-15,17H,4-11H2,1-3H3. The van der Waals surface area contributed by atoms with Gasteiger partial charge in [-0.3, -0.25) is 0 Å². The summed E-state index contributed by atoms with van der Waals surface area (Å²) < 4.78 is 0. The lowest BCUT2D eigenvalue weighted by atomic mass is 9.68. The summed E-state index contributed by atoms with van der Waals surface area (Å²) >= 11 is 0. The molecule has 2 fully saturated rings. The lowest BCUT2D eigenvalue weighted by Crippen LogP contribution is -2.33. The third-order valence-corrected chi connectivity index (χ3v) is 5.36. The molecule has 0 amide bonds. The van der Waals surface area contributed by atoms with E-state index in [-0.39, 0.29) is 6.10 Å². The largest absolute Gasteiger partial charge is 0.393 e. The van der Waals surface area contributed by atoms with Gasteiger partial charge in [0.1, 0.15) is 0 Å². The van der Waals surface area contributed by atoms with E-state index >= 15 is 0 Å². The van der Waals surface area contributed by atoms with Crippen molar-refractivity contribution < 1.29 is 5.11 Å². The maximum absolute atomic E-state index is 10.5. The third-order valence-electron chi connectivity index (χ3n) is 5.36. The molecule has 100 valence electrons. The minimum absolute atomic E-state index is 0.0124. The Morgan fingerprint density at radius 3 is 1.76 bits per heavy atom. The van der Waals surface area contributed by atoms with Crippen LogP contribution in [0.15, 0.2) is 0 Å². The monoisotopic (exact) mass is 238 g/mol. The molecule has 2 aliphatic rings. The van der Waals surface area contributed by atoms with Gasteiger partial charge >= 0.3 is 0 Å². The molecule has 0 spiro atoms. The number of aliphatic hydroxyl groups excluding tert-OH is 1. The Morgan fingerprint density at radius 1 is 0.824 bits per heavy atom. The van der Waals surface area contributed by atoms with Gasteiger partial charge in [0.15, 0.2) is 0 Å². The highest BCUT2D eigenvalue weighted by Gasteiger charge is 2.35. The molecule has 1 unspecified atom stereocenters. The minimum Gasteiger partial charge on any atom is -0.393 e. The number of hydrogen-bond acceptors (Lipinski definition) is 1. The SMILES string of the molecule is CC(C)(C)C1CCC(C(O)C2CCCC2)CC1. The molecule has 0 aromatic carbocycles. The summed E-state index contributed by atoms with van der Waals surface area (Å²) in [6.45, 7) is 7.10. The fourth-order valence-electron chi connectivity index (χ4n) is 4.01. The zero-order valence-corrected chi connectivity index (χ0v) is 11.9. The van der Waals surface area contributed by atoms with Crippen molar-refractivity contribution >= 4 is 0 Å². The van der Waals surface area contributed by atoms with E-state index in [9.17, 15) is 5.11 Å². The number of hydrogen-bond donors (Lipinski definition) is 1. The summed E-state index contributed by atoms with van der Waals surface area (Å²) in [6, 6.07) is 0. The van der Waals surface area contributed by atoms with E-state index in [1.807, 2.05) is 0 Å². The van der Waals surface area contributed by atoms with Crippen LogP contribution in [0.3, 0.4) is 0 Å². The first-order valence-corrected chi connectivity index (χ1v) is 7.66. The molecule has 0 bridgehead atoms. The highest BCUT2D eigenvalue weighted by molar-refractivity contribution is 4.86. The van der Waals surface area contributed by atoms with Gasteiger partial charge in [-0.2, -0.15) is 0 Å². The van der Waals surface area contributed by atoms with Gasteiger partial charge in [-0.1, -0.05) is 33.6 Å². The molecule has 1 heteroatoms. The van der Waals surface area contributed by atoms with Crippen molar-refractivity contribution in [1.82, 2.24) is 0 Å². The summed E-state index contributed by atoms with van der Waals surface area (Å²) in [7, 11) is 0. The van der Waals surface area contributed by atoms with Crippen LogP contribution in [0.2, 0.25) is 0 Å². The Bertz CT molecular complexity index is 226. The first-order chi connectivity index (χ1) is 7.98. The second-order valence-corrected chi connectivity index (χ2v) is 7.51. The third kappa shape index (κ3) is 3.24. The fourth-order valence-corrected chi connectivity index (χ4v) is 4.01. The Morgan fingerprint density at radius 2 is 1.29 bits per heavy atom. The molecule has 1 nitrogen and oxygen atoms in total. The molecule has 1 atom stereocenters. The molecule has 17 heavy (non-hydrogen) atoms. The molecule has 0 heterocycles. The van der Waals surface area contributed by atoms with Gasteiger partial charge in [-0.05, 0) is 61.7 Å². The van der Waals surface area contributed by atoms with Gasteiger partial charge in [0, 0.05) is 0 Å². The molecular formula is C16H30O. The highest BCUT2D eigenvalue weighted by Crippen LogP contribution is 2.43. The van der Waals surface area contributed by atoms with Gasteiger partial charge in [0.25, 0.3) is 0 Å². The Hall–Kier alpha value is -0.0400. The van der Waals surface area contributed by atoms with Crippen LogP contribution in [0.5, 0.6) is 0 Å². The average molecular weight is 238 g/mol. The second-order valence-electron chi connectivity index (χ2n) is 7.51. The minimum atomic E-state index is 0.0124. The van der Waals surface area contributed by atoms with Crippen molar-refractivity contribution in [2.45, 2.75) is 78.2 Å². The molecule has 2 saturated carbocycles. The Kier molecular flexibility index (Phi) is 4.18. The molecule has 0 radical (unpaired) electrons. The first-order valence-electron chi connectivity index (χ1n) is 7.66. The summed E-state index contributed by atoms with van der Waals surface area (Å²) in [5.41, 5.74) is 0.462. The number of rotatable bonds is 2. The fraction of sp³-hybridized carbons (Fsp3) is 1.00. The van der Waals surface area contributed by atoms with Gasteiger partial charge in [0.05, 0.1) is 6.10 Å². The molecule has 0 aromatic rings. The van der Waals surface area contributed by atoms with Crippen molar-refractivity contribution in [2.75, 3.05) is 0 Å². The summed E-state index contributed by atoms with van der Waals surface area (Å²) in [5, 5.41) is 10.5. The van der Waals surface area contributed by atoms with E-state index in [0.29, 0.717) is 17.3 Å². The number of aliphatic hydroxyl groups is 1. The van der Waals surface area contributed by atoms with Crippen LogP contribution in [0.1, 0.15) is 72.1 Å². The average Bonchev–Trinajstić information content (AvgIpc) is 2.80. The zero-order chi connectivity index (χ0) is 12.5. The Balaban J connectivity index is 1.82. The molecule has 0 aromatic heterocycles. The van der Waals surface area contributed by atoms with Gasteiger partial charge in [-0.25, -0.2) is 0 Å². The van der Waals surface area contributed by atoms with E-state index in [1.165, 1.54) is 51.4 Å². The lowest BCUT2D eigenvalue weighted by Gasteiger charge is -2.39. The van der Waals surface area contributed by atoms with Crippen LogP contribution in [0.25, 0.3) is 0 Å². The first kappa shape index (κ1) is 13.4. The van der Waals surface area contributed by atoms with E-state index < -0.39 is 0 Å². The molecular weight excluding hydrogens is 208 g/mol. The zero-order valence-electron chi connectivity index (χ0n) is 11.9. The van der Waals surface area contributed by atoms with Crippen molar-refractivity contribution in [3.63, 3.8) is 0 Å².